The molecule has 5 nitrogen and oxygen atoms in total. The maximum Gasteiger partial charge on any atom is 0.336 e. The van der Waals surface area contributed by atoms with Gasteiger partial charge >= 0.3 is 5.97 Å². The second-order valence-corrected chi connectivity index (χ2v) is 7.33. The molecule has 0 bridgehead atoms. The van der Waals surface area contributed by atoms with Crippen molar-refractivity contribution >= 4 is 49.6 Å². The fraction of sp³-hybridized carbons (Fsp3) is 0. The van der Waals surface area contributed by atoms with Gasteiger partial charge in [0, 0.05) is 27.1 Å². The second-order valence-electron chi connectivity index (χ2n) is 7.33. The first-order chi connectivity index (χ1) is 14.7. The molecule has 3 heterocycles. The number of rotatable bonds is 2. The van der Waals surface area contributed by atoms with E-state index < -0.39 is 5.97 Å². The second kappa shape index (κ2) is 6.12. The molecule has 0 radical (unpaired) electrons. The van der Waals surface area contributed by atoms with Gasteiger partial charge in [0.15, 0.2) is 0 Å². The van der Waals surface area contributed by atoms with Crippen LogP contribution in [0.1, 0.15) is 10.4 Å². The highest BCUT2D eigenvalue weighted by atomic mass is 16.4. The SMILES string of the molecule is O=C(O)c1cc(-c2ccc3ccccc3n2)[nH]c2cc3nc4ccccc4c3cc12. The maximum absolute atomic E-state index is 12.1. The molecule has 3 aromatic heterocycles. The molecule has 0 saturated carbocycles. The molecule has 0 saturated heterocycles. The van der Waals surface area contributed by atoms with Crippen LogP contribution in [0.4, 0.5) is 0 Å². The van der Waals surface area contributed by atoms with E-state index in [0.717, 1.165) is 38.2 Å². The van der Waals surface area contributed by atoms with Crippen molar-refractivity contribution in [2.75, 3.05) is 0 Å². The Morgan fingerprint density at radius 1 is 0.733 bits per heavy atom. The van der Waals surface area contributed by atoms with Crippen LogP contribution in [0, 0.1) is 0 Å². The van der Waals surface area contributed by atoms with Crippen molar-refractivity contribution in [1.29, 1.82) is 0 Å². The summed E-state index contributed by atoms with van der Waals surface area (Å²) in [7, 11) is 0. The summed E-state index contributed by atoms with van der Waals surface area (Å²) in [5, 5.41) is 13.6. The largest absolute Gasteiger partial charge is 0.478 e. The van der Waals surface area contributed by atoms with Crippen LogP contribution in [0.2, 0.25) is 0 Å². The van der Waals surface area contributed by atoms with Gasteiger partial charge < -0.3 is 10.1 Å². The zero-order chi connectivity index (χ0) is 20.2. The van der Waals surface area contributed by atoms with Gasteiger partial charge in [0.2, 0.25) is 0 Å². The predicted molar refractivity (Wildman–Crippen MR) is 119 cm³/mol. The highest BCUT2D eigenvalue weighted by Crippen LogP contribution is 2.32. The number of aromatic nitrogens is 3. The van der Waals surface area contributed by atoms with E-state index in [1.807, 2.05) is 72.8 Å². The van der Waals surface area contributed by atoms with Crippen LogP contribution in [0.5, 0.6) is 0 Å². The molecule has 6 rings (SSSR count). The Bertz CT molecular complexity index is 1630. The molecule has 0 aliphatic heterocycles. The summed E-state index contributed by atoms with van der Waals surface area (Å²) in [6, 6.07) is 25.1. The average molecular weight is 389 g/mol. The van der Waals surface area contributed by atoms with Crippen LogP contribution in [0.3, 0.4) is 0 Å². The number of nitrogens with zero attached hydrogens (tertiary/aromatic N) is 2. The molecule has 6 aromatic rings. The number of carboxylic acid groups (broad SMARTS) is 1. The molecule has 5 heteroatoms. The lowest BCUT2D eigenvalue weighted by atomic mass is 10.0. The van der Waals surface area contributed by atoms with Crippen LogP contribution in [0.25, 0.3) is 55.0 Å². The number of H-pyrrole nitrogens is 1. The van der Waals surface area contributed by atoms with Gasteiger partial charge in [-0.25, -0.2) is 14.8 Å². The molecule has 0 amide bonds. The number of carbonyl (C=O) groups is 1. The quantitative estimate of drug-likeness (QED) is 0.393. The number of benzene rings is 3. The van der Waals surface area contributed by atoms with E-state index in [2.05, 4.69) is 4.98 Å². The lowest BCUT2D eigenvalue weighted by molar-refractivity contribution is 0.0699. The number of hydrogen-bond donors (Lipinski definition) is 2. The molecule has 2 N–H and O–H groups in total. The van der Waals surface area contributed by atoms with E-state index in [9.17, 15) is 9.90 Å². The lowest BCUT2D eigenvalue weighted by Crippen LogP contribution is -2.01. The van der Waals surface area contributed by atoms with Crippen LogP contribution >= 0.6 is 0 Å². The van der Waals surface area contributed by atoms with Crippen molar-refractivity contribution in [3.8, 4) is 11.4 Å². The number of aromatic amines is 1. The molecule has 0 aliphatic carbocycles. The zero-order valence-corrected chi connectivity index (χ0v) is 15.8. The Balaban J connectivity index is 1.66. The first-order valence-electron chi connectivity index (χ1n) is 9.62. The topological polar surface area (TPSA) is 78.9 Å². The molecule has 0 unspecified atom stereocenters. The van der Waals surface area contributed by atoms with Gasteiger partial charge in [0.1, 0.15) is 0 Å². The number of pyridine rings is 2. The number of aromatic carboxylic acids is 1. The third-order valence-corrected chi connectivity index (χ3v) is 5.52. The summed E-state index contributed by atoms with van der Waals surface area (Å²) in [4.78, 5) is 24.9. The van der Waals surface area contributed by atoms with Gasteiger partial charge in [-0.15, -0.1) is 0 Å². The van der Waals surface area contributed by atoms with Crippen molar-refractivity contribution in [2.45, 2.75) is 0 Å². The summed E-state index contributed by atoms with van der Waals surface area (Å²) in [6.45, 7) is 0. The summed E-state index contributed by atoms with van der Waals surface area (Å²) < 4.78 is 0. The van der Waals surface area contributed by atoms with Crippen molar-refractivity contribution in [2.24, 2.45) is 0 Å². The molecule has 0 aliphatic rings. The Labute approximate surface area is 170 Å². The van der Waals surface area contributed by atoms with E-state index in [1.165, 1.54) is 0 Å². The molecule has 3 aromatic carbocycles. The average Bonchev–Trinajstić information content (AvgIpc) is 3.13. The standard InChI is InChI=1S/C25H15N3O2/c29-25(30)18-12-24(21-10-9-14-5-1-3-7-19(14)26-21)28-23-13-22-16(11-17(18)23)15-6-2-4-8-20(15)27-22/h1-13,28H,(H,29,30). The van der Waals surface area contributed by atoms with Crippen molar-refractivity contribution in [3.63, 3.8) is 0 Å². The Hall–Kier alpha value is -4.25. The molecule has 142 valence electrons. The van der Waals surface area contributed by atoms with Gasteiger partial charge in [-0.1, -0.05) is 42.5 Å². The molecular formula is C25H15N3O2. The van der Waals surface area contributed by atoms with Gasteiger partial charge in [-0.05, 0) is 36.4 Å². The predicted octanol–water partition coefficient (Wildman–Crippen LogP) is 5.78. The van der Waals surface area contributed by atoms with Crippen LogP contribution in [-0.2, 0) is 0 Å². The third-order valence-electron chi connectivity index (χ3n) is 5.52. The Kier molecular flexibility index (Phi) is 3.40. The summed E-state index contributed by atoms with van der Waals surface area (Å²) in [5.74, 6) is -0.973. The summed E-state index contributed by atoms with van der Waals surface area (Å²) in [5.41, 5.74) is 4.90. The molecule has 0 spiro atoms. The van der Waals surface area contributed by atoms with Gasteiger partial charge in [-0.3, -0.25) is 0 Å². The van der Waals surface area contributed by atoms with Crippen LogP contribution in [0.15, 0.2) is 78.9 Å². The number of para-hydroxylation sites is 2. The zero-order valence-electron chi connectivity index (χ0n) is 15.8. The van der Waals surface area contributed by atoms with Gasteiger partial charge in [-0.2, -0.15) is 0 Å². The Morgan fingerprint density at radius 3 is 2.40 bits per heavy atom. The molecule has 30 heavy (non-hydrogen) atoms. The molecule has 0 atom stereocenters. The van der Waals surface area contributed by atoms with E-state index in [-0.39, 0.29) is 5.56 Å². The van der Waals surface area contributed by atoms with E-state index in [0.29, 0.717) is 16.8 Å². The lowest BCUT2D eigenvalue weighted by Gasteiger charge is -2.09. The normalized spacial score (nSPS) is 11.6. The smallest absolute Gasteiger partial charge is 0.336 e. The summed E-state index contributed by atoms with van der Waals surface area (Å²) in [6.07, 6.45) is 0. The van der Waals surface area contributed by atoms with Gasteiger partial charge in [0.05, 0.1) is 33.5 Å². The minimum Gasteiger partial charge on any atom is -0.478 e. The van der Waals surface area contributed by atoms with Crippen molar-refractivity contribution in [1.82, 2.24) is 15.0 Å². The van der Waals surface area contributed by atoms with Crippen molar-refractivity contribution in [3.05, 3.63) is 84.4 Å². The third kappa shape index (κ3) is 2.46. The van der Waals surface area contributed by atoms with Gasteiger partial charge in [0.25, 0.3) is 0 Å². The molecule has 0 fully saturated rings. The summed E-state index contributed by atoms with van der Waals surface area (Å²) >= 11 is 0. The Morgan fingerprint density at radius 2 is 1.53 bits per heavy atom. The highest BCUT2D eigenvalue weighted by molar-refractivity contribution is 6.14. The fourth-order valence-electron chi connectivity index (χ4n) is 4.09. The highest BCUT2D eigenvalue weighted by Gasteiger charge is 2.16. The minimum absolute atomic E-state index is 0.237. The molecular weight excluding hydrogens is 374 g/mol. The number of hydrogen-bond acceptors (Lipinski definition) is 3. The minimum atomic E-state index is -0.973. The van der Waals surface area contributed by atoms with Crippen molar-refractivity contribution < 1.29 is 9.90 Å². The van der Waals surface area contributed by atoms with E-state index in [4.69, 9.17) is 9.97 Å². The van der Waals surface area contributed by atoms with Crippen LogP contribution < -0.4 is 0 Å². The number of nitrogens with one attached hydrogen (secondary N) is 1. The number of carboxylic acids is 1. The maximum atomic E-state index is 12.1. The van der Waals surface area contributed by atoms with E-state index in [1.54, 1.807) is 6.07 Å². The first kappa shape index (κ1) is 16.7. The fourth-order valence-corrected chi connectivity index (χ4v) is 4.09. The number of fused-ring (bicyclic) bond motifs is 5. The van der Waals surface area contributed by atoms with E-state index >= 15 is 0 Å². The monoisotopic (exact) mass is 389 g/mol. The van der Waals surface area contributed by atoms with Crippen LogP contribution in [-0.4, -0.2) is 26.0 Å². The first-order valence-corrected chi connectivity index (χ1v) is 9.62.